The van der Waals surface area contributed by atoms with Crippen molar-refractivity contribution in [3.8, 4) is 0 Å². The number of rotatable bonds is 6. The molecule has 1 aromatic rings. The van der Waals surface area contributed by atoms with Crippen LogP contribution in [0.25, 0.3) is 0 Å². The van der Waals surface area contributed by atoms with E-state index in [0.29, 0.717) is 12.0 Å². The van der Waals surface area contributed by atoms with Crippen molar-refractivity contribution in [2.75, 3.05) is 6.54 Å². The van der Waals surface area contributed by atoms with Gasteiger partial charge in [0, 0.05) is 5.56 Å². The van der Waals surface area contributed by atoms with E-state index in [1.807, 2.05) is 32.9 Å². The maximum Gasteiger partial charge on any atom is 0.325 e. The number of nitrogens with one attached hydrogen (secondary N) is 1. The van der Waals surface area contributed by atoms with Crippen LogP contribution >= 0.6 is 0 Å². The molecule has 0 spiro atoms. The van der Waals surface area contributed by atoms with Gasteiger partial charge in [-0.1, -0.05) is 45.0 Å². The molecular formula is C18H24N2O3. The van der Waals surface area contributed by atoms with Crippen LogP contribution in [-0.4, -0.2) is 34.7 Å². The zero-order chi connectivity index (χ0) is 17.2. The van der Waals surface area contributed by atoms with Crippen LogP contribution in [0.3, 0.4) is 0 Å². The van der Waals surface area contributed by atoms with Gasteiger partial charge < -0.3 is 5.32 Å². The minimum Gasteiger partial charge on any atom is -0.323 e. The number of benzene rings is 1. The van der Waals surface area contributed by atoms with Gasteiger partial charge in [0.25, 0.3) is 5.91 Å². The molecule has 0 radical (unpaired) electrons. The molecular weight excluding hydrogens is 292 g/mol. The van der Waals surface area contributed by atoms with Crippen molar-refractivity contribution in [1.82, 2.24) is 10.2 Å². The average molecular weight is 316 g/mol. The number of carbonyl (C=O) groups excluding carboxylic acids is 3. The fraction of sp³-hybridized carbons (Fsp3) is 0.500. The number of aryl methyl sites for hydroxylation is 1. The molecule has 0 bridgehead atoms. The minimum absolute atomic E-state index is 0.218. The molecule has 124 valence electrons. The van der Waals surface area contributed by atoms with Crippen molar-refractivity contribution in [2.24, 2.45) is 5.92 Å². The molecule has 1 heterocycles. The number of Topliss-reactive ketones (excluding diaryl/α,β-unsaturated/α-hetero) is 1. The largest absolute Gasteiger partial charge is 0.325 e. The number of nitrogens with zero attached hydrogens (tertiary/aromatic N) is 1. The lowest BCUT2D eigenvalue weighted by molar-refractivity contribution is -0.131. The SMILES string of the molecule is CCc1ccc(C(=O)CN2C(=O)N[C@](C)(CC(C)C)C2=O)cc1. The highest BCUT2D eigenvalue weighted by Gasteiger charge is 2.48. The average Bonchev–Trinajstić information content (AvgIpc) is 2.69. The third kappa shape index (κ3) is 3.60. The molecule has 0 saturated carbocycles. The van der Waals surface area contributed by atoms with Crippen LogP contribution in [0, 0.1) is 5.92 Å². The van der Waals surface area contributed by atoms with Gasteiger partial charge in [-0.05, 0) is 31.2 Å². The summed E-state index contributed by atoms with van der Waals surface area (Å²) in [4.78, 5) is 38.0. The lowest BCUT2D eigenvalue weighted by atomic mass is 9.91. The molecule has 1 aliphatic rings. The fourth-order valence-electron chi connectivity index (χ4n) is 3.01. The molecule has 5 heteroatoms. The second kappa shape index (κ2) is 6.52. The van der Waals surface area contributed by atoms with Gasteiger partial charge >= 0.3 is 6.03 Å². The van der Waals surface area contributed by atoms with Crippen molar-refractivity contribution in [2.45, 2.75) is 46.1 Å². The highest BCUT2D eigenvalue weighted by molar-refractivity contribution is 6.11. The van der Waals surface area contributed by atoms with Crippen molar-refractivity contribution < 1.29 is 14.4 Å². The summed E-state index contributed by atoms with van der Waals surface area (Å²) < 4.78 is 0. The van der Waals surface area contributed by atoms with Crippen LogP contribution in [-0.2, 0) is 11.2 Å². The van der Waals surface area contributed by atoms with E-state index in [-0.39, 0.29) is 24.2 Å². The smallest absolute Gasteiger partial charge is 0.323 e. The quantitative estimate of drug-likeness (QED) is 0.648. The summed E-state index contributed by atoms with van der Waals surface area (Å²) in [6.07, 6.45) is 1.45. The zero-order valence-electron chi connectivity index (χ0n) is 14.2. The number of urea groups is 1. The molecule has 0 aliphatic carbocycles. The van der Waals surface area contributed by atoms with Gasteiger partial charge in [-0.25, -0.2) is 4.79 Å². The van der Waals surface area contributed by atoms with Crippen LogP contribution in [0.4, 0.5) is 4.79 Å². The maximum atomic E-state index is 12.5. The lowest BCUT2D eigenvalue weighted by Gasteiger charge is -2.23. The Balaban J connectivity index is 2.11. The second-order valence-corrected chi connectivity index (χ2v) is 6.73. The number of imide groups is 1. The van der Waals surface area contributed by atoms with Crippen molar-refractivity contribution >= 4 is 17.7 Å². The van der Waals surface area contributed by atoms with Crippen molar-refractivity contribution in [3.63, 3.8) is 0 Å². The van der Waals surface area contributed by atoms with E-state index in [2.05, 4.69) is 5.32 Å². The Hall–Kier alpha value is -2.17. The molecule has 2 rings (SSSR count). The van der Waals surface area contributed by atoms with Gasteiger partial charge in [-0.15, -0.1) is 0 Å². The van der Waals surface area contributed by atoms with Gasteiger partial charge in [0.1, 0.15) is 5.54 Å². The second-order valence-electron chi connectivity index (χ2n) is 6.73. The molecule has 0 unspecified atom stereocenters. The Bertz CT molecular complexity index is 622. The van der Waals surface area contributed by atoms with E-state index < -0.39 is 11.6 Å². The van der Waals surface area contributed by atoms with Crippen LogP contribution < -0.4 is 5.32 Å². The molecule has 3 amide bonds. The maximum absolute atomic E-state index is 12.5. The number of amides is 3. The summed E-state index contributed by atoms with van der Waals surface area (Å²) in [5, 5.41) is 2.72. The molecule has 1 atom stereocenters. The van der Waals surface area contributed by atoms with E-state index in [9.17, 15) is 14.4 Å². The Morgan fingerprint density at radius 2 is 1.83 bits per heavy atom. The zero-order valence-corrected chi connectivity index (χ0v) is 14.2. The van der Waals surface area contributed by atoms with Crippen LogP contribution in [0.1, 0.15) is 50.0 Å². The predicted octanol–water partition coefficient (Wildman–Crippen LogP) is 2.79. The molecule has 1 saturated heterocycles. The molecule has 0 aromatic heterocycles. The first-order valence-electron chi connectivity index (χ1n) is 8.03. The molecule has 1 N–H and O–H groups in total. The number of ketones is 1. The van der Waals surface area contributed by atoms with Crippen molar-refractivity contribution in [1.29, 1.82) is 0 Å². The van der Waals surface area contributed by atoms with E-state index >= 15 is 0 Å². The Labute approximate surface area is 137 Å². The van der Waals surface area contributed by atoms with Crippen molar-refractivity contribution in [3.05, 3.63) is 35.4 Å². The third-order valence-electron chi connectivity index (χ3n) is 4.15. The fourth-order valence-corrected chi connectivity index (χ4v) is 3.01. The molecule has 23 heavy (non-hydrogen) atoms. The van der Waals surface area contributed by atoms with Gasteiger partial charge in [0.05, 0.1) is 6.54 Å². The van der Waals surface area contributed by atoms with E-state index in [1.165, 1.54) is 0 Å². The Morgan fingerprint density at radius 3 is 2.35 bits per heavy atom. The Morgan fingerprint density at radius 1 is 1.22 bits per heavy atom. The van der Waals surface area contributed by atoms with E-state index in [0.717, 1.165) is 16.9 Å². The first-order chi connectivity index (χ1) is 10.8. The highest BCUT2D eigenvalue weighted by atomic mass is 16.2. The van der Waals surface area contributed by atoms with E-state index in [4.69, 9.17) is 0 Å². The summed E-state index contributed by atoms with van der Waals surface area (Å²) in [5.74, 6) is -0.291. The molecule has 1 aliphatic heterocycles. The molecule has 1 aromatic carbocycles. The summed E-state index contributed by atoms with van der Waals surface area (Å²) in [7, 11) is 0. The monoisotopic (exact) mass is 316 g/mol. The highest BCUT2D eigenvalue weighted by Crippen LogP contribution is 2.25. The summed E-state index contributed by atoms with van der Waals surface area (Å²) >= 11 is 0. The summed E-state index contributed by atoms with van der Waals surface area (Å²) in [6, 6.07) is 6.78. The van der Waals surface area contributed by atoms with Gasteiger partial charge in [0.15, 0.2) is 5.78 Å². The first-order valence-corrected chi connectivity index (χ1v) is 8.03. The topological polar surface area (TPSA) is 66.5 Å². The Kier molecular flexibility index (Phi) is 4.88. The lowest BCUT2D eigenvalue weighted by Crippen LogP contribution is -2.45. The van der Waals surface area contributed by atoms with Crippen LogP contribution in [0.5, 0.6) is 0 Å². The van der Waals surface area contributed by atoms with E-state index in [1.54, 1.807) is 19.1 Å². The molecule has 5 nitrogen and oxygen atoms in total. The minimum atomic E-state index is -0.919. The number of hydrogen-bond donors (Lipinski definition) is 1. The standard InChI is InChI=1S/C18H24N2O3/c1-5-13-6-8-14(9-7-13)15(21)11-20-16(22)18(4,10-12(2)3)19-17(20)23/h6-9,12H,5,10-11H2,1-4H3,(H,19,23)/t18-/m1/s1. The van der Waals surface area contributed by atoms with Crippen LogP contribution in [0.15, 0.2) is 24.3 Å². The summed E-state index contributed by atoms with van der Waals surface area (Å²) in [6.45, 7) is 7.53. The molecule has 1 fully saturated rings. The number of carbonyl (C=O) groups is 3. The summed E-state index contributed by atoms with van der Waals surface area (Å²) in [5.41, 5.74) is 0.735. The van der Waals surface area contributed by atoms with Gasteiger partial charge in [0.2, 0.25) is 0 Å². The normalized spacial score (nSPS) is 21.0. The number of hydrogen-bond acceptors (Lipinski definition) is 3. The first kappa shape index (κ1) is 17.2. The third-order valence-corrected chi connectivity index (χ3v) is 4.15. The van der Waals surface area contributed by atoms with Crippen LogP contribution in [0.2, 0.25) is 0 Å². The van der Waals surface area contributed by atoms with Gasteiger partial charge in [-0.2, -0.15) is 0 Å². The van der Waals surface area contributed by atoms with Gasteiger partial charge in [-0.3, -0.25) is 14.5 Å². The predicted molar refractivity (Wildman–Crippen MR) is 88.3 cm³/mol.